The summed E-state index contributed by atoms with van der Waals surface area (Å²) in [6, 6.07) is 0. The fourth-order valence-electron chi connectivity index (χ4n) is 2.60. The molecule has 1 aliphatic rings. The molecular weight excluding hydrogens is 198 g/mol. The van der Waals surface area contributed by atoms with Crippen LogP contribution in [0, 0.1) is 11.3 Å². The van der Waals surface area contributed by atoms with E-state index in [1.54, 1.807) is 0 Å². The van der Waals surface area contributed by atoms with Crippen molar-refractivity contribution < 1.29 is 4.74 Å². The Morgan fingerprint density at radius 1 is 1.25 bits per heavy atom. The zero-order chi connectivity index (χ0) is 11.9. The maximum Gasteiger partial charge on any atom is 0.0471 e. The van der Waals surface area contributed by atoms with Crippen LogP contribution < -0.4 is 5.32 Å². The Morgan fingerprint density at radius 2 is 1.94 bits per heavy atom. The van der Waals surface area contributed by atoms with Gasteiger partial charge >= 0.3 is 0 Å². The molecule has 0 aromatic rings. The van der Waals surface area contributed by atoms with E-state index in [9.17, 15) is 0 Å². The Bertz CT molecular complexity index is 174. The van der Waals surface area contributed by atoms with Crippen molar-refractivity contribution in [3.05, 3.63) is 0 Å². The lowest BCUT2D eigenvalue weighted by molar-refractivity contribution is 0.00908. The third-order valence-electron chi connectivity index (χ3n) is 3.79. The van der Waals surface area contributed by atoms with Gasteiger partial charge in [-0.1, -0.05) is 33.6 Å². The van der Waals surface area contributed by atoms with E-state index in [2.05, 4.69) is 26.1 Å². The van der Waals surface area contributed by atoms with Gasteiger partial charge in [-0.25, -0.2) is 0 Å². The topological polar surface area (TPSA) is 21.3 Å². The lowest BCUT2D eigenvalue weighted by Gasteiger charge is -2.37. The Morgan fingerprint density at radius 3 is 2.50 bits per heavy atom. The quantitative estimate of drug-likeness (QED) is 0.721. The second kappa shape index (κ2) is 7.29. The van der Waals surface area contributed by atoms with E-state index in [0.29, 0.717) is 5.41 Å². The summed E-state index contributed by atoms with van der Waals surface area (Å²) in [6.07, 6.45) is 6.62. The fourth-order valence-corrected chi connectivity index (χ4v) is 2.60. The van der Waals surface area contributed by atoms with Crippen LogP contribution in [-0.2, 0) is 4.74 Å². The monoisotopic (exact) mass is 227 g/mol. The van der Waals surface area contributed by atoms with Crippen LogP contribution >= 0.6 is 0 Å². The molecule has 0 aromatic carbocycles. The first-order valence-electron chi connectivity index (χ1n) is 6.97. The zero-order valence-electron chi connectivity index (χ0n) is 11.3. The Balaban J connectivity index is 2.36. The van der Waals surface area contributed by atoms with E-state index in [1.165, 1.54) is 38.6 Å². The first kappa shape index (κ1) is 14.0. The first-order chi connectivity index (χ1) is 7.68. The average Bonchev–Trinajstić information content (AvgIpc) is 2.27. The summed E-state index contributed by atoms with van der Waals surface area (Å²) in [5.41, 5.74) is 0.531. The summed E-state index contributed by atoms with van der Waals surface area (Å²) in [4.78, 5) is 0. The number of nitrogens with one attached hydrogen (secondary N) is 1. The minimum Gasteiger partial charge on any atom is -0.381 e. The molecule has 1 rings (SSSR count). The fraction of sp³-hybridized carbons (Fsp3) is 1.00. The van der Waals surface area contributed by atoms with Crippen molar-refractivity contribution in [2.24, 2.45) is 11.3 Å². The van der Waals surface area contributed by atoms with Crippen LogP contribution in [0.2, 0.25) is 0 Å². The third kappa shape index (κ3) is 4.84. The highest BCUT2D eigenvalue weighted by molar-refractivity contribution is 4.84. The van der Waals surface area contributed by atoms with E-state index in [4.69, 9.17) is 4.74 Å². The number of hydrogen-bond donors (Lipinski definition) is 1. The molecule has 0 saturated carbocycles. The second-order valence-electron chi connectivity index (χ2n) is 5.68. The Kier molecular flexibility index (Phi) is 6.37. The lowest BCUT2D eigenvalue weighted by Crippen LogP contribution is -2.39. The van der Waals surface area contributed by atoms with Gasteiger partial charge in [-0.05, 0) is 37.1 Å². The van der Waals surface area contributed by atoms with Crippen LogP contribution in [0.3, 0.4) is 0 Å². The maximum atomic E-state index is 5.50. The summed E-state index contributed by atoms with van der Waals surface area (Å²) in [5.74, 6) is 0.844. The van der Waals surface area contributed by atoms with E-state index in [1.807, 2.05) is 0 Å². The van der Waals surface area contributed by atoms with Crippen LogP contribution in [0.1, 0.15) is 52.9 Å². The minimum atomic E-state index is 0.531. The van der Waals surface area contributed by atoms with Crippen molar-refractivity contribution in [3.8, 4) is 0 Å². The summed E-state index contributed by atoms with van der Waals surface area (Å²) in [5, 5.41) is 3.54. The van der Waals surface area contributed by atoms with Gasteiger partial charge in [0.05, 0.1) is 0 Å². The van der Waals surface area contributed by atoms with E-state index in [-0.39, 0.29) is 0 Å². The van der Waals surface area contributed by atoms with E-state index < -0.39 is 0 Å². The molecule has 2 heteroatoms. The largest absolute Gasteiger partial charge is 0.381 e. The Hall–Kier alpha value is -0.0800. The molecule has 0 amide bonds. The molecule has 0 aromatic heterocycles. The number of hydrogen-bond acceptors (Lipinski definition) is 2. The molecule has 0 spiro atoms. The highest BCUT2D eigenvalue weighted by Crippen LogP contribution is 2.35. The predicted octanol–water partition coefficient (Wildman–Crippen LogP) is 3.22. The van der Waals surface area contributed by atoms with Gasteiger partial charge in [0.25, 0.3) is 0 Å². The van der Waals surface area contributed by atoms with Crippen molar-refractivity contribution in [2.45, 2.75) is 52.9 Å². The highest BCUT2D eigenvalue weighted by atomic mass is 16.5. The standard InChI is InChI=1S/C14H29NO/c1-4-15-12-14(7-5-6-13(2)3)8-10-16-11-9-14/h13,15H,4-12H2,1-3H3. The molecular formula is C14H29NO. The van der Waals surface area contributed by atoms with Crippen molar-refractivity contribution in [1.29, 1.82) is 0 Å². The predicted molar refractivity (Wildman–Crippen MR) is 69.7 cm³/mol. The van der Waals surface area contributed by atoms with Crippen LogP contribution in [0.5, 0.6) is 0 Å². The van der Waals surface area contributed by atoms with Gasteiger partial charge in [0.15, 0.2) is 0 Å². The van der Waals surface area contributed by atoms with Crippen molar-refractivity contribution in [1.82, 2.24) is 5.32 Å². The van der Waals surface area contributed by atoms with Gasteiger partial charge in [-0.15, -0.1) is 0 Å². The molecule has 1 saturated heterocycles. The van der Waals surface area contributed by atoms with Gasteiger partial charge in [-0.3, -0.25) is 0 Å². The maximum absolute atomic E-state index is 5.50. The van der Waals surface area contributed by atoms with Crippen molar-refractivity contribution >= 4 is 0 Å². The van der Waals surface area contributed by atoms with Gasteiger partial charge in [0, 0.05) is 19.8 Å². The molecule has 16 heavy (non-hydrogen) atoms. The lowest BCUT2D eigenvalue weighted by atomic mass is 9.75. The first-order valence-corrected chi connectivity index (χ1v) is 6.97. The molecule has 1 aliphatic heterocycles. The summed E-state index contributed by atoms with van der Waals surface area (Å²) in [6.45, 7) is 11.0. The molecule has 0 aliphatic carbocycles. The van der Waals surface area contributed by atoms with Gasteiger partial charge in [-0.2, -0.15) is 0 Å². The summed E-state index contributed by atoms with van der Waals surface area (Å²) < 4.78 is 5.50. The number of rotatable bonds is 7. The van der Waals surface area contributed by atoms with Gasteiger partial charge in [0.1, 0.15) is 0 Å². The van der Waals surface area contributed by atoms with Crippen molar-refractivity contribution in [3.63, 3.8) is 0 Å². The van der Waals surface area contributed by atoms with Crippen LogP contribution in [0.15, 0.2) is 0 Å². The Labute approximate surface area is 101 Å². The van der Waals surface area contributed by atoms with Crippen LogP contribution in [0.4, 0.5) is 0 Å². The molecule has 2 nitrogen and oxygen atoms in total. The molecule has 1 fully saturated rings. The third-order valence-corrected chi connectivity index (χ3v) is 3.79. The van der Waals surface area contributed by atoms with Crippen molar-refractivity contribution in [2.75, 3.05) is 26.3 Å². The zero-order valence-corrected chi connectivity index (χ0v) is 11.3. The number of ether oxygens (including phenoxy) is 1. The minimum absolute atomic E-state index is 0.531. The normalized spacial score (nSPS) is 20.2. The highest BCUT2D eigenvalue weighted by Gasteiger charge is 2.31. The molecule has 96 valence electrons. The SMILES string of the molecule is CCNCC1(CCCC(C)C)CCOCC1. The van der Waals surface area contributed by atoms with E-state index in [0.717, 1.165) is 25.7 Å². The molecule has 0 atom stereocenters. The molecule has 0 unspecified atom stereocenters. The second-order valence-corrected chi connectivity index (χ2v) is 5.68. The summed E-state index contributed by atoms with van der Waals surface area (Å²) in [7, 11) is 0. The molecule has 1 heterocycles. The smallest absolute Gasteiger partial charge is 0.0471 e. The van der Waals surface area contributed by atoms with Gasteiger partial charge in [0.2, 0.25) is 0 Å². The molecule has 0 radical (unpaired) electrons. The molecule has 1 N–H and O–H groups in total. The van der Waals surface area contributed by atoms with E-state index >= 15 is 0 Å². The van der Waals surface area contributed by atoms with Crippen LogP contribution in [-0.4, -0.2) is 26.3 Å². The van der Waals surface area contributed by atoms with Crippen LogP contribution in [0.25, 0.3) is 0 Å². The average molecular weight is 227 g/mol. The summed E-state index contributed by atoms with van der Waals surface area (Å²) >= 11 is 0. The van der Waals surface area contributed by atoms with Gasteiger partial charge < -0.3 is 10.1 Å². The molecule has 0 bridgehead atoms.